The highest BCUT2D eigenvalue weighted by molar-refractivity contribution is 8.00. The normalized spacial score (nSPS) is 28.4. The molecule has 5 nitrogen and oxygen atoms in total. The average molecular weight is 424 g/mol. The first-order valence-corrected chi connectivity index (χ1v) is 14.1. The van der Waals surface area contributed by atoms with E-state index in [1.807, 2.05) is 18.7 Å². The maximum absolute atomic E-state index is 13.1. The van der Waals surface area contributed by atoms with Crippen molar-refractivity contribution in [3.05, 3.63) is 23.9 Å². The van der Waals surface area contributed by atoms with Crippen LogP contribution >= 0.6 is 11.8 Å². The molecule has 0 aromatic carbocycles. The Morgan fingerprint density at radius 2 is 2.11 bits per heavy atom. The summed E-state index contributed by atoms with van der Waals surface area (Å²) in [5.41, 5.74) is 1.58. The SMILES string of the molecule is C=CCOC(=O)C1=C2CCCS[C@H]2[C@@H]2[C@@H]([C@@H](C)O[Si](C)(C)C(C)(C)C)C(=O)N12. The minimum atomic E-state index is -1.98. The molecule has 0 bridgehead atoms. The number of hydrogen-bond acceptors (Lipinski definition) is 5. The molecule has 4 atom stereocenters. The summed E-state index contributed by atoms with van der Waals surface area (Å²) in [7, 11) is -1.98. The molecule has 0 aromatic rings. The zero-order chi connectivity index (χ0) is 20.9. The van der Waals surface area contributed by atoms with Crippen LogP contribution in [0.4, 0.5) is 0 Å². The van der Waals surface area contributed by atoms with Crippen molar-refractivity contribution in [2.24, 2.45) is 5.92 Å². The van der Waals surface area contributed by atoms with Crippen LogP contribution in [-0.2, 0) is 18.8 Å². The molecule has 3 rings (SSSR count). The fourth-order valence-corrected chi connectivity index (χ4v) is 7.08. The zero-order valence-electron chi connectivity index (χ0n) is 17.9. The number of rotatable bonds is 6. The van der Waals surface area contributed by atoms with Crippen LogP contribution in [0.15, 0.2) is 23.9 Å². The van der Waals surface area contributed by atoms with Crippen LogP contribution in [0, 0.1) is 5.92 Å². The van der Waals surface area contributed by atoms with Crippen molar-refractivity contribution in [3.8, 4) is 0 Å². The molecule has 1 amide bonds. The molecule has 0 radical (unpaired) electrons. The first-order chi connectivity index (χ1) is 13.0. The molecule has 28 heavy (non-hydrogen) atoms. The number of carbonyl (C=O) groups is 2. The first-order valence-electron chi connectivity index (χ1n) is 10.1. The maximum atomic E-state index is 13.1. The largest absolute Gasteiger partial charge is 0.457 e. The van der Waals surface area contributed by atoms with Gasteiger partial charge in [0.25, 0.3) is 0 Å². The van der Waals surface area contributed by atoms with Gasteiger partial charge in [-0.25, -0.2) is 4.79 Å². The van der Waals surface area contributed by atoms with Crippen molar-refractivity contribution < 1.29 is 18.8 Å². The molecule has 0 spiro atoms. The van der Waals surface area contributed by atoms with E-state index >= 15 is 0 Å². The lowest BCUT2D eigenvalue weighted by molar-refractivity contribution is -0.161. The van der Waals surface area contributed by atoms with Crippen molar-refractivity contribution in [2.45, 2.75) is 76.1 Å². The molecule has 3 aliphatic heterocycles. The minimum Gasteiger partial charge on any atom is -0.457 e. The van der Waals surface area contributed by atoms with Gasteiger partial charge in [0, 0.05) is 5.25 Å². The molecule has 156 valence electrons. The predicted molar refractivity (Wildman–Crippen MR) is 116 cm³/mol. The molecule has 2 fully saturated rings. The van der Waals surface area contributed by atoms with Gasteiger partial charge < -0.3 is 14.1 Å². The smallest absolute Gasteiger partial charge is 0.355 e. The Labute approximate surface area is 174 Å². The van der Waals surface area contributed by atoms with Gasteiger partial charge in [-0.05, 0) is 49.2 Å². The van der Waals surface area contributed by atoms with Gasteiger partial charge in [-0.1, -0.05) is 33.4 Å². The van der Waals surface area contributed by atoms with E-state index in [0.717, 1.165) is 24.2 Å². The van der Waals surface area contributed by atoms with E-state index in [1.54, 1.807) is 11.0 Å². The molecule has 0 saturated carbocycles. The number of amides is 1. The molecule has 0 aromatic heterocycles. The molecular formula is C21H33NO4SSi. The second-order valence-electron chi connectivity index (χ2n) is 9.46. The minimum absolute atomic E-state index is 0.00395. The predicted octanol–water partition coefficient (Wildman–Crippen LogP) is 4.12. The lowest BCUT2D eigenvalue weighted by atomic mass is 9.82. The van der Waals surface area contributed by atoms with Gasteiger partial charge in [-0.2, -0.15) is 11.8 Å². The quantitative estimate of drug-likeness (QED) is 0.278. The summed E-state index contributed by atoms with van der Waals surface area (Å²) in [6.45, 7) is 16.9. The maximum Gasteiger partial charge on any atom is 0.355 e. The van der Waals surface area contributed by atoms with Crippen molar-refractivity contribution >= 4 is 32.0 Å². The van der Waals surface area contributed by atoms with E-state index in [1.165, 1.54) is 0 Å². The Hall–Kier alpha value is -1.05. The van der Waals surface area contributed by atoms with E-state index in [-0.39, 0.29) is 40.9 Å². The number of hydrogen-bond donors (Lipinski definition) is 0. The summed E-state index contributed by atoms with van der Waals surface area (Å²) in [6, 6.07) is 0.0128. The number of thioether (sulfide) groups is 1. The highest BCUT2D eigenvalue weighted by atomic mass is 32.2. The van der Waals surface area contributed by atoms with E-state index in [9.17, 15) is 9.59 Å². The number of β-lactam (4-membered cyclic amide) rings is 1. The number of ether oxygens (including phenoxy) is 1. The second kappa shape index (κ2) is 7.65. The number of fused-ring (bicyclic) bond motifs is 3. The van der Waals surface area contributed by atoms with E-state index in [0.29, 0.717) is 5.70 Å². The Morgan fingerprint density at radius 3 is 2.71 bits per heavy atom. The fourth-order valence-electron chi connectivity index (χ4n) is 4.17. The third kappa shape index (κ3) is 3.50. The van der Waals surface area contributed by atoms with Gasteiger partial charge in [0.05, 0.1) is 18.1 Å². The van der Waals surface area contributed by atoms with Crippen molar-refractivity contribution in [2.75, 3.05) is 12.4 Å². The van der Waals surface area contributed by atoms with Gasteiger partial charge in [-0.15, -0.1) is 0 Å². The van der Waals surface area contributed by atoms with Gasteiger partial charge in [0.1, 0.15) is 12.3 Å². The molecular weight excluding hydrogens is 390 g/mol. The summed E-state index contributed by atoms with van der Waals surface area (Å²) in [5.74, 6) is 0.481. The van der Waals surface area contributed by atoms with E-state index in [2.05, 4.69) is 40.4 Å². The van der Waals surface area contributed by atoms with Gasteiger partial charge in [0.15, 0.2) is 8.32 Å². The highest BCUT2D eigenvalue weighted by Crippen LogP contribution is 2.52. The molecule has 0 N–H and O–H groups in total. The van der Waals surface area contributed by atoms with Gasteiger partial charge >= 0.3 is 5.97 Å². The third-order valence-corrected chi connectivity index (χ3v) is 12.6. The lowest BCUT2D eigenvalue weighted by Crippen LogP contribution is -2.66. The van der Waals surface area contributed by atoms with E-state index in [4.69, 9.17) is 9.16 Å². The lowest BCUT2D eigenvalue weighted by Gasteiger charge is -2.50. The van der Waals surface area contributed by atoms with Crippen LogP contribution in [-0.4, -0.2) is 54.8 Å². The molecule has 2 saturated heterocycles. The summed E-state index contributed by atoms with van der Waals surface area (Å²) >= 11 is 1.86. The fraction of sp³-hybridized carbons (Fsp3) is 0.714. The second-order valence-corrected chi connectivity index (χ2v) is 15.5. The Bertz CT molecular complexity index is 712. The number of nitrogens with zero attached hydrogens (tertiary/aromatic N) is 1. The summed E-state index contributed by atoms with van der Waals surface area (Å²) in [6.07, 6.45) is 3.30. The molecule has 3 aliphatic rings. The standard InChI is InChI=1S/C21H33NO4SSi/c1-8-11-25-20(24)16-14-10-9-12-27-18(14)17-15(19(23)22(16)17)13(2)26-28(6,7)21(3,4)5/h8,13,15,17-18H,1,9-12H2,2-7H3/t13-,15-,17+,18-/m1/s1. The van der Waals surface area contributed by atoms with Gasteiger partial charge in [-0.3, -0.25) is 4.79 Å². The van der Waals surface area contributed by atoms with Crippen LogP contribution in [0.3, 0.4) is 0 Å². The van der Waals surface area contributed by atoms with Crippen LogP contribution in [0.5, 0.6) is 0 Å². The summed E-state index contributed by atoms with van der Waals surface area (Å²) in [4.78, 5) is 27.5. The number of esters is 1. The topological polar surface area (TPSA) is 55.8 Å². The monoisotopic (exact) mass is 423 g/mol. The average Bonchev–Trinajstić information content (AvgIpc) is 2.89. The Morgan fingerprint density at radius 1 is 1.43 bits per heavy atom. The summed E-state index contributed by atoms with van der Waals surface area (Å²) in [5, 5.41) is 0.278. The van der Waals surface area contributed by atoms with Crippen molar-refractivity contribution in [1.29, 1.82) is 0 Å². The third-order valence-electron chi connectivity index (χ3n) is 6.59. The Balaban J connectivity index is 1.83. The van der Waals surface area contributed by atoms with E-state index < -0.39 is 14.3 Å². The molecule has 0 aliphatic carbocycles. The van der Waals surface area contributed by atoms with Crippen molar-refractivity contribution in [3.63, 3.8) is 0 Å². The van der Waals surface area contributed by atoms with Gasteiger partial charge in [0.2, 0.25) is 5.91 Å². The highest BCUT2D eigenvalue weighted by Gasteiger charge is 2.62. The van der Waals surface area contributed by atoms with Crippen LogP contribution in [0.1, 0.15) is 40.5 Å². The number of carbonyl (C=O) groups excluding carboxylic acids is 2. The molecule has 0 unspecified atom stereocenters. The van der Waals surface area contributed by atoms with Crippen LogP contribution in [0.25, 0.3) is 0 Å². The van der Waals surface area contributed by atoms with Crippen LogP contribution in [0.2, 0.25) is 18.1 Å². The molecule has 7 heteroatoms. The first kappa shape index (κ1) is 21.7. The zero-order valence-corrected chi connectivity index (χ0v) is 19.7. The Kier molecular flexibility index (Phi) is 5.91. The van der Waals surface area contributed by atoms with Crippen molar-refractivity contribution in [1.82, 2.24) is 4.90 Å². The molecule has 3 heterocycles. The van der Waals surface area contributed by atoms with Crippen LogP contribution < -0.4 is 0 Å². The summed E-state index contributed by atoms with van der Waals surface area (Å²) < 4.78 is 11.9.